The lowest BCUT2D eigenvalue weighted by Gasteiger charge is -2.22. The molecule has 1 aromatic heterocycles. The summed E-state index contributed by atoms with van der Waals surface area (Å²) in [6, 6.07) is 6.57. The second-order valence-corrected chi connectivity index (χ2v) is 10.4. The number of para-hydroxylation sites is 1. The Kier molecular flexibility index (Phi) is 7.72. The average molecular weight is 564 g/mol. The minimum absolute atomic E-state index is 0.0147. The SMILES string of the molecule is COC(=O)c1cnc(N2C[C@H]3CC(OCC(C(=O)C4CC4)=C(N)c4ccccc4OC(F)(F)F)C[C@H]3C2)c(F)c1. The van der Waals surface area contributed by atoms with E-state index in [1.165, 1.54) is 31.5 Å². The largest absolute Gasteiger partial charge is 0.573 e. The molecular weight excluding hydrogens is 534 g/mol. The van der Waals surface area contributed by atoms with Crippen molar-refractivity contribution in [2.45, 2.75) is 38.1 Å². The van der Waals surface area contributed by atoms with Crippen molar-refractivity contribution in [1.82, 2.24) is 4.98 Å². The van der Waals surface area contributed by atoms with E-state index in [0.717, 1.165) is 12.1 Å². The van der Waals surface area contributed by atoms with E-state index in [1.807, 2.05) is 4.90 Å². The van der Waals surface area contributed by atoms with Crippen molar-refractivity contribution in [2.75, 3.05) is 31.7 Å². The number of nitrogens with zero attached hydrogens (tertiary/aromatic N) is 2. The Hall–Kier alpha value is -3.67. The standard InChI is InChI=1S/C28H29F4N3O5/c1-38-27(37)16-10-22(29)26(34-11-16)35-12-17-8-19(9-18(17)13-35)39-14-21(25(36)15-6-7-15)24(33)20-4-2-3-5-23(20)40-28(30,31)32/h2-5,10-11,15,17-19H,6-9,12-14,33H2,1H3/t17-,18+,19?. The van der Waals surface area contributed by atoms with Crippen LogP contribution in [0.15, 0.2) is 42.1 Å². The van der Waals surface area contributed by atoms with Gasteiger partial charge >= 0.3 is 12.3 Å². The first-order valence-corrected chi connectivity index (χ1v) is 13.0. The molecule has 2 N–H and O–H groups in total. The number of carbonyl (C=O) groups is 2. The predicted octanol–water partition coefficient (Wildman–Crippen LogP) is 4.49. The van der Waals surface area contributed by atoms with Crippen molar-refractivity contribution in [3.8, 4) is 5.75 Å². The maximum atomic E-state index is 14.7. The Labute approximate surface area is 228 Å². The Morgan fingerprint density at radius 1 is 1.12 bits per heavy atom. The van der Waals surface area contributed by atoms with Crippen LogP contribution in [0.5, 0.6) is 5.75 Å². The first-order valence-electron chi connectivity index (χ1n) is 13.0. The van der Waals surface area contributed by atoms with Crippen molar-refractivity contribution in [3.05, 3.63) is 59.0 Å². The van der Waals surface area contributed by atoms with Gasteiger partial charge in [0.15, 0.2) is 17.4 Å². The number of methoxy groups -OCH3 is 1. The summed E-state index contributed by atoms with van der Waals surface area (Å²) in [4.78, 5) is 30.7. The van der Waals surface area contributed by atoms with E-state index < -0.39 is 23.9 Å². The van der Waals surface area contributed by atoms with Crippen molar-refractivity contribution >= 4 is 23.3 Å². The zero-order valence-corrected chi connectivity index (χ0v) is 21.7. The maximum Gasteiger partial charge on any atom is 0.573 e. The molecule has 3 fully saturated rings. The number of ether oxygens (including phenoxy) is 3. The smallest absolute Gasteiger partial charge is 0.465 e. The zero-order valence-electron chi connectivity index (χ0n) is 21.7. The van der Waals surface area contributed by atoms with E-state index in [2.05, 4.69) is 14.5 Å². The van der Waals surface area contributed by atoms with Gasteiger partial charge in [0.2, 0.25) is 0 Å². The number of pyridine rings is 1. The second-order valence-electron chi connectivity index (χ2n) is 10.4. The lowest BCUT2D eigenvalue weighted by molar-refractivity contribution is -0.274. The molecule has 1 saturated heterocycles. The Morgan fingerprint density at radius 2 is 1.80 bits per heavy atom. The lowest BCUT2D eigenvalue weighted by Crippen LogP contribution is -2.26. The highest BCUT2D eigenvalue weighted by Crippen LogP contribution is 2.42. The van der Waals surface area contributed by atoms with Crippen LogP contribution in [0.25, 0.3) is 5.70 Å². The van der Waals surface area contributed by atoms with Crippen LogP contribution in [-0.2, 0) is 14.3 Å². The number of rotatable bonds is 9. The summed E-state index contributed by atoms with van der Waals surface area (Å²) >= 11 is 0. The van der Waals surface area contributed by atoms with Crippen molar-refractivity contribution in [2.24, 2.45) is 23.5 Å². The minimum atomic E-state index is -4.91. The number of carbonyl (C=O) groups excluding carboxylic acids is 2. The number of alkyl halides is 3. The summed E-state index contributed by atoms with van der Waals surface area (Å²) in [7, 11) is 1.21. The molecule has 1 aliphatic heterocycles. The molecule has 12 heteroatoms. The van der Waals surface area contributed by atoms with Crippen LogP contribution in [-0.4, -0.2) is 56.0 Å². The van der Waals surface area contributed by atoms with Crippen LogP contribution in [0.4, 0.5) is 23.4 Å². The van der Waals surface area contributed by atoms with Crippen molar-refractivity contribution in [3.63, 3.8) is 0 Å². The maximum absolute atomic E-state index is 14.7. The normalized spacial score (nSPS) is 23.0. The third kappa shape index (κ3) is 6.06. The summed E-state index contributed by atoms with van der Waals surface area (Å²) in [5.41, 5.74) is 6.38. The number of Topliss-reactive ketones (excluding diaryl/α,β-unsaturated/α-hetero) is 1. The van der Waals surface area contributed by atoms with Crippen LogP contribution in [0.2, 0.25) is 0 Å². The number of aromatic nitrogens is 1. The second kappa shape index (κ2) is 11.1. The van der Waals surface area contributed by atoms with Gasteiger partial charge < -0.3 is 24.8 Å². The fourth-order valence-corrected chi connectivity index (χ4v) is 5.59. The molecule has 2 aliphatic carbocycles. The van der Waals surface area contributed by atoms with Gasteiger partial charge in [-0.25, -0.2) is 14.2 Å². The number of ketones is 1. The van der Waals surface area contributed by atoms with E-state index in [-0.39, 0.29) is 64.5 Å². The summed E-state index contributed by atoms with van der Waals surface area (Å²) in [6.45, 7) is 0.987. The number of esters is 1. The van der Waals surface area contributed by atoms with Gasteiger partial charge in [0.1, 0.15) is 5.75 Å². The summed E-state index contributed by atoms with van der Waals surface area (Å²) in [6.07, 6.45) is -1.07. The molecule has 1 unspecified atom stereocenters. The number of benzene rings is 1. The number of hydrogen-bond acceptors (Lipinski definition) is 8. The van der Waals surface area contributed by atoms with E-state index >= 15 is 0 Å². The molecular formula is C28H29F4N3O5. The number of anilines is 1. The molecule has 0 amide bonds. The fraction of sp³-hybridized carbons (Fsp3) is 0.464. The van der Waals surface area contributed by atoms with Gasteiger partial charge in [-0.3, -0.25) is 4.79 Å². The first-order chi connectivity index (χ1) is 19.0. The van der Waals surface area contributed by atoms with Crippen molar-refractivity contribution < 1.29 is 41.4 Å². The fourth-order valence-electron chi connectivity index (χ4n) is 5.59. The van der Waals surface area contributed by atoms with Crippen LogP contribution in [0, 0.1) is 23.6 Å². The highest BCUT2D eigenvalue weighted by atomic mass is 19.4. The molecule has 2 saturated carbocycles. The van der Waals surface area contributed by atoms with E-state index in [4.69, 9.17) is 10.5 Å². The molecule has 2 heterocycles. The quantitative estimate of drug-likeness (QED) is 0.271. The van der Waals surface area contributed by atoms with Gasteiger partial charge in [0, 0.05) is 36.3 Å². The van der Waals surface area contributed by atoms with Gasteiger partial charge in [-0.1, -0.05) is 12.1 Å². The highest BCUT2D eigenvalue weighted by molar-refractivity contribution is 6.05. The molecule has 0 spiro atoms. The van der Waals surface area contributed by atoms with Gasteiger partial charge in [-0.15, -0.1) is 13.2 Å². The Bertz CT molecular complexity index is 1310. The molecule has 3 atom stereocenters. The predicted molar refractivity (Wildman–Crippen MR) is 136 cm³/mol. The molecule has 214 valence electrons. The van der Waals surface area contributed by atoms with Gasteiger partial charge in [0.25, 0.3) is 0 Å². The minimum Gasteiger partial charge on any atom is -0.465 e. The zero-order chi connectivity index (χ0) is 28.6. The topological polar surface area (TPSA) is 104 Å². The summed E-state index contributed by atoms with van der Waals surface area (Å²) in [5, 5.41) is 0. The monoisotopic (exact) mass is 563 g/mol. The number of nitrogens with two attached hydrogens (primary N) is 1. The molecule has 5 rings (SSSR count). The van der Waals surface area contributed by atoms with Crippen LogP contribution < -0.4 is 15.4 Å². The molecule has 2 aromatic rings. The van der Waals surface area contributed by atoms with Gasteiger partial charge in [0.05, 0.1) is 31.1 Å². The molecule has 0 radical (unpaired) electrons. The lowest BCUT2D eigenvalue weighted by atomic mass is 10.0. The van der Waals surface area contributed by atoms with Gasteiger partial charge in [-0.2, -0.15) is 0 Å². The number of hydrogen-bond donors (Lipinski definition) is 1. The summed E-state index contributed by atoms with van der Waals surface area (Å²) in [5.74, 6) is -1.60. The van der Waals surface area contributed by atoms with E-state index in [1.54, 1.807) is 0 Å². The van der Waals surface area contributed by atoms with Crippen LogP contribution in [0.1, 0.15) is 41.6 Å². The Balaban J connectivity index is 1.25. The molecule has 8 nitrogen and oxygen atoms in total. The third-order valence-electron chi connectivity index (χ3n) is 7.69. The molecule has 1 aromatic carbocycles. The molecule has 3 aliphatic rings. The average Bonchev–Trinajstić information content (AvgIpc) is 3.59. The van der Waals surface area contributed by atoms with E-state index in [0.29, 0.717) is 38.8 Å². The first kappa shape index (κ1) is 27.9. The number of fused-ring (bicyclic) bond motifs is 1. The van der Waals surface area contributed by atoms with Crippen LogP contribution in [0.3, 0.4) is 0 Å². The van der Waals surface area contributed by atoms with Crippen LogP contribution >= 0.6 is 0 Å². The number of halogens is 4. The summed E-state index contributed by atoms with van der Waals surface area (Å²) < 4.78 is 68.4. The molecule has 40 heavy (non-hydrogen) atoms. The Morgan fingerprint density at radius 3 is 2.40 bits per heavy atom. The third-order valence-corrected chi connectivity index (χ3v) is 7.69. The van der Waals surface area contributed by atoms with Gasteiger partial charge in [-0.05, 0) is 55.7 Å². The highest BCUT2D eigenvalue weighted by Gasteiger charge is 2.43. The van der Waals surface area contributed by atoms with E-state index in [9.17, 15) is 27.2 Å². The molecule has 0 bridgehead atoms. The van der Waals surface area contributed by atoms with Crippen molar-refractivity contribution in [1.29, 1.82) is 0 Å².